The molecule has 1 unspecified atom stereocenters. The molecule has 2 aromatic carbocycles. The lowest BCUT2D eigenvalue weighted by atomic mass is 10.0. The molecule has 4 rings (SSSR count). The number of imide groups is 1. The van der Waals surface area contributed by atoms with Gasteiger partial charge in [-0.25, -0.2) is 4.79 Å². The average molecular weight is 391 g/mol. The number of nitrogens with one attached hydrogen (secondary N) is 1. The smallest absolute Gasteiger partial charge is 0.408 e. The first kappa shape index (κ1) is 18.9. The molecular formula is C22H21N3O4. The lowest BCUT2D eigenvalue weighted by molar-refractivity contribution is 0.0601. The van der Waals surface area contributed by atoms with Crippen molar-refractivity contribution in [3.63, 3.8) is 0 Å². The van der Waals surface area contributed by atoms with Crippen LogP contribution in [-0.4, -0.2) is 51.9 Å². The highest BCUT2D eigenvalue weighted by Gasteiger charge is 2.37. The summed E-state index contributed by atoms with van der Waals surface area (Å²) < 4.78 is 0. The molecule has 29 heavy (non-hydrogen) atoms. The molecular weight excluding hydrogens is 370 g/mol. The van der Waals surface area contributed by atoms with Gasteiger partial charge < -0.3 is 5.11 Å². The Balaban J connectivity index is 1.59. The summed E-state index contributed by atoms with van der Waals surface area (Å²) in [5, 5.41) is 11.5. The third-order valence-electron chi connectivity index (χ3n) is 5.27. The first-order chi connectivity index (χ1) is 14.0. The first-order valence-electron chi connectivity index (χ1n) is 9.47. The number of fused-ring (bicyclic) bond motifs is 1. The Morgan fingerprint density at radius 2 is 1.62 bits per heavy atom. The van der Waals surface area contributed by atoms with Crippen molar-refractivity contribution >= 4 is 17.9 Å². The Morgan fingerprint density at radius 3 is 2.24 bits per heavy atom. The zero-order chi connectivity index (χ0) is 20.4. The van der Waals surface area contributed by atoms with Crippen LogP contribution >= 0.6 is 0 Å². The normalized spacial score (nSPS) is 19.1. The number of carbonyl (C=O) groups excluding carboxylic acids is 2. The third-order valence-corrected chi connectivity index (χ3v) is 5.27. The molecule has 148 valence electrons. The van der Waals surface area contributed by atoms with Crippen LogP contribution in [-0.2, 0) is 6.54 Å². The number of carbonyl (C=O) groups is 3. The summed E-state index contributed by atoms with van der Waals surface area (Å²) in [7, 11) is 0. The van der Waals surface area contributed by atoms with Gasteiger partial charge in [0.25, 0.3) is 11.8 Å². The number of nitrogens with zero attached hydrogens (tertiary/aromatic N) is 2. The number of rotatable bonds is 5. The van der Waals surface area contributed by atoms with Crippen LogP contribution in [0.5, 0.6) is 0 Å². The molecule has 0 aliphatic carbocycles. The van der Waals surface area contributed by atoms with E-state index in [1.54, 1.807) is 24.3 Å². The van der Waals surface area contributed by atoms with Gasteiger partial charge in [0.1, 0.15) is 0 Å². The molecule has 2 aromatic rings. The van der Waals surface area contributed by atoms with E-state index >= 15 is 0 Å². The highest BCUT2D eigenvalue weighted by Crippen LogP contribution is 2.25. The average Bonchev–Trinajstić information content (AvgIpc) is 2.95. The molecule has 0 spiro atoms. The number of hydrogen-bond donors (Lipinski definition) is 2. The zero-order valence-corrected chi connectivity index (χ0v) is 15.7. The molecule has 1 atom stereocenters. The predicted molar refractivity (Wildman–Crippen MR) is 106 cm³/mol. The largest absolute Gasteiger partial charge is 0.465 e. The molecule has 7 heteroatoms. The van der Waals surface area contributed by atoms with Crippen molar-refractivity contribution in [2.24, 2.45) is 0 Å². The summed E-state index contributed by atoms with van der Waals surface area (Å²) in [5.74, 6) is -0.617. The van der Waals surface area contributed by atoms with E-state index in [2.05, 4.69) is 10.2 Å². The van der Waals surface area contributed by atoms with E-state index in [1.807, 2.05) is 36.4 Å². The summed E-state index contributed by atoms with van der Waals surface area (Å²) in [5.41, 5.74) is 2.53. The van der Waals surface area contributed by atoms with Crippen LogP contribution in [0.3, 0.4) is 0 Å². The van der Waals surface area contributed by atoms with E-state index in [1.165, 1.54) is 4.90 Å². The maximum absolute atomic E-state index is 12.8. The molecule has 0 fully saturated rings. The van der Waals surface area contributed by atoms with E-state index < -0.39 is 6.09 Å². The van der Waals surface area contributed by atoms with E-state index in [4.69, 9.17) is 5.11 Å². The fourth-order valence-corrected chi connectivity index (χ4v) is 3.87. The highest BCUT2D eigenvalue weighted by molar-refractivity contribution is 6.21. The van der Waals surface area contributed by atoms with Crippen molar-refractivity contribution in [1.82, 2.24) is 15.1 Å². The van der Waals surface area contributed by atoms with Crippen molar-refractivity contribution in [3.05, 3.63) is 83.1 Å². The lowest BCUT2D eigenvalue weighted by Gasteiger charge is -2.36. The summed E-state index contributed by atoms with van der Waals surface area (Å²) in [6.07, 6.45) is 1.24. The van der Waals surface area contributed by atoms with E-state index in [9.17, 15) is 14.4 Å². The van der Waals surface area contributed by atoms with Crippen LogP contribution in [0.4, 0.5) is 4.79 Å². The van der Waals surface area contributed by atoms with Gasteiger partial charge in [-0.15, -0.1) is 0 Å². The fraction of sp³-hybridized carbons (Fsp3) is 0.227. The fourth-order valence-electron chi connectivity index (χ4n) is 3.87. The van der Waals surface area contributed by atoms with E-state index in [0.29, 0.717) is 36.3 Å². The van der Waals surface area contributed by atoms with Crippen molar-refractivity contribution in [1.29, 1.82) is 0 Å². The zero-order valence-electron chi connectivity index (χ0n) is 15.7. The predicted octanol–water partition coefficient (Wildman–Crippen LogP) is 2.71. The second kappa shape index (κ2) is 7.89. The number of amides is 3. The maximum Gasteiger partial charge on any atom is 0.408 e. The Bertz CT molecular complexity index is 952. The molecule has 0 saturated carbocycles. The van der Waals surface area contributed by atoms with Gasteiger partial charge in [0.15, 0.2) is 0 Å². The van der Waals surface area contributed by atoms with Gasteiger partial charge in [-0.1, -0.05) is 42.5 Å². The van der Waals surface area contributed by atoms with Gasteiger partial charge in [-0.05, 0) is 23.8 Å². The second-order valence-electron chi connectivity index (χ2n) is 7.16. The SMILES string of the molecule is O=C(O)NC1=CC(CN2C(=O)c3ccccc3C2=O)N(Cc2ccccc2)CC1. The van der Waals surface area contributed by atoms with Gasteiger partial charge >= 0.3 is 6.09 Å². The maximum atomic E-state index is 12.8. The summed E-state index contributed by atoms with van der Waals surface area (Å²) in [6, 6.07) is 16.4. The molecule has 2 aliphatic heterocycles. The van der Waals surface area contributed by atoms with Crippen LogP contribution in [0.15, 0.2) is 66.4 Å². The number of carboxylic acid groups (broad SMARTS) is 1. The van der Waals surface area contributed by atoms with Crippen LogP contribution in [0.2, 0.25) is 0 Å². The number of hydrogen-bond acceptors (Lipinski definition) is 4. The summed E-state index contributed by atoms with van der Waals surface area (Å²) in [4.78, 5) is 40.0. The highest BCUT2D eigenvalue weighted by atomic mass is 16.4. The molecule has 2 N–H and O–H groups in total. The van der Waals surface area contributed by atoms with Gasteiger partial charge in [-0.2, -0.15) is 0 Å². The summed E-state index contributed by atoms with van der Waals surface area (Å²) in [6.45, 7) is 1.43. The Morgan fingerprint density at radius 1 is 1.00 bits per heavy atom. The number of benzene rings is 2. The van der Waals surface area contributed by atoms with Gasteiger partial charge in [0, 0.05) is 37.8 Å². The molecule has 2 heterocycles. The van der Waals surface area contributed by atoms with E-state index in [-0.39, 0.29) is 24.4 Å². The molecule has 2 aliphatic rings. The van der Waals surface area contributed by atoms with Crippen LogP contribution in [0.1, 0.15) is 32.7 Å². The van der Waals surface area contributed by atoms with Crippen LogP contribution < -0.4 is 5.32 Å². The van der Waals surface area contributed by atoms with Crippen molar-refractivity contribution < 1.29 is 19.5 Å². The Hall–Kier alpha value is -3.45. The minimum absolute atomic E-state index is 0.171. The van der Waals surface area contributed by atoms with Crippen molar-refractivity contribution in [3.8, 4) is 0 Å². The molecule has 0 saturated heterocycles. The lowest BCUT2D eigenvalue weighted by Crippen LogP contribution is -2.48. The quantitative estimate of drug-likeness (QED) is 0.765. The monoisotopic (exact) mass is 391 g/mol. The van der Waals surface area contributed by atoms with E-state index in [0.717, 1.165) is 5.56 Å². The summed E-state index contributed by atoms with van der Waals surface area (Å²) >= 11 is 0. The van der Waals surface area contributed by atoms with Gasteiger partial charge in [0.05, 0.1) is 11.1 Å². The Kier molecular flexibility index (Phi) is 5.14. The topological polar surface area (TPSA) is 90.0 Å². The molecule has 0 aromatic heterocycles. The van der Waals surface area contributed by atoms with Crippen molar-refractivity contribution in [2.45, 2.75) is 19.0 Å². The molecule has 0 bridgehead atoms. The minimum atomic E-state index is -1.12. The third kappa shape index (κ3) is 3.90. The molecule has 0 radical (unpaired) electrons. The second-order valence-corrected chi connectivity index (χ2v) is 7.16. The van der Waals surface area contributed by atoms with Crippen LogP contribution in [0.25, 0.3) is 0 Å². The minimum Gasteiger partial charge on any atom is -0.465 e. The van der Waals surface area contributed by atoms with Crippen molar-refractivity contribution in [2.75, 3.05) is 13.1 Å². The van der Waals surface area contributed by atoms with Gasteiger partial charge in [-0.3, -0.25) is 24.7 Å². The Labute approximate surface area is 168 Å². The first-order valence-corrected chi connectivity index (χ1v) is 9.47. The molecule has 3 amide bonds. The van der Waals surface area contributed by atoms with Gasteiger partial charge in [0.2, 0.25) is 0 Å². The molecule has 7 nitrogen and oxygen atoms in total. The standard InChI is InChI=1S/C22H21N3O4/c26-20-18-8-4-5-9-19(18)21(27)25(20)14-17-12-16(23-22(28)29)10-11-24(17)13-15-6-2-1-3-7-15/h1-9,12,17,23H,10-11,13-14H2,(H,28,29). The van der Waals surface area contributed by atoms with Crippen LogP contribution in [0, 0.1) is 0 Å².